The third kappa shape index (κ3) is 7.33. The van der Waals surface area contributed by atoms with Crippen molar-refractivity contribution in [3.8, 4) is 11.5 Å². The number of ether oxygens (including phenoxy) is 2. The SMILES string of the molecule is Cc1ccc(OC[C@@]2(O)CCCN(Cc3ccc(OCCCn4ccnc4C)cc3)CC2)c(C)c1. The van der Waals surface area contributed by atoms with Crippen molar-refractivity contribution in [1.29, 1.82) is 0 Å². The van der Waals surface area contributed by atoms with Crippen molar-refractivity contribution in [2.75, 3.05) is 26.3 Å². The van der Waals surface area contributed by atoms with Gasteiger partial charge in [-0.2, -0.15) is 0 Å². The van der Waals surface area contributed by atoms with E-state index in [2.05, 4.69) is 64.7 Å². The zero-order valence-corrected chi connectivity index (χ0v) is 21.4. The lowest BCUT2D eigenvalue weighted by Crippen LogP contribution is -2.37. The molecule has 0 radical (unpaired) electrons. The molecule has 0 bridgehead atoms. The molecule has 0 saturated carbocycles. The maximum absolute atomic E-state index is 11.2. The quantitative estimate of drug-likeness (QED) is 0.413. The van der Waals surface area contributed by atoms with Gasteiger partial charge in [-0.3, -0.25) is 4.90 Å². The minimum Gasteiger partial charge on any atom is -0.494 e. The predicted molar refractivity (Wildman–Crippen MR) is 139 cm³/mol. The van der Waals surface area contributed by atoms with Crippen LogP contribution < -0.4 is 9.47 Å². The lowest BCUT2D eigenvalue weighted by atomic mass is 9.96. The molecule has 6 nitrogen and oxygen atoms in total. The minimum atomic E-state index is -0.779. The molecular formula is C29H39N3O3. The molecule has 6 heteroatoms. The molecule has 1 fully saturated rings. The van der Waals surface area contributed by atoms with Gasteiger partial charge in [0.2, 0.25) is 0 Å². The van der Waals surface area contributed by atoms with Gasteiger partial charge >= 0.3 is 0 Å². The number of benzene rings is 2. The van der Waals surface area contributed by atoms with Crippen LogP contribution in [0.3, 0.4) is 0 Å². The number of likely N-dealkylation sites (tertiary alicyclic amines) is 1. The van der Waals surface area contributed by atoms with Crippen molar-refractivity contribution in [3.63, 3.8) is 0 Å². The first-order valence-electron chi connectivity index (χ1n) is 12.7. The molecule has 35 heavy (non-hydrogen) atoms. The van der Waals surface area contributed by atoms with Crippen LogP contribution in [0.5, 0.6) is 11.5 Å². The number of aryl methyl sites for hydroxylation is 4. The molecule has 0 unspecified atom stereocenters. The van der Waals surface area contributed by atoms with Crippen LogP contribution >= 0.6 is 0 Å². The van der Waals surface area contributed by atoms with E-state index in [9.17, 15) is 5.11 Å². The molecule has 4 rings (SSSR count). The third-order valence-corrected chi connectivity index (χ3v) is 6.90. The van der Waals surface area contributed by atoms with Gasteiger partial charge in [0.05, 0.1) is 12.2 Å². The van der Waals surface area contributed by atoms with Gasteiger partial charge in [-0.1, -0.05) is 29.8 Å². The van der Waals surface area contributed by atoms with Gasteiger partial charge in [0.15, 0.2) is 0 Å². The fourth-order valence-electron chi connectivity index (χ4n) is 4.72. The van der Waals surface area contributed by atoms with E-state index in [1.807, 2.05) is 25.4 Å². The topological polar surface area (TPSA) is 59.8 Å². The fourth-order valence-corrected chi connectivity index (χ4v) is 4.72. The zero-order chi connectivity index (χ0) is 24.7. The number of imidazole rings is 1. The Hall–Kier alpha value is -2.83. The molecule has 1 aliphatic heterocycles. The molecule has 3 aromatic rings. The molecule has 0 spiro atoms. The van der Waals surface area contributed by atoms with Gasteiger partial charge in [-0.15, -0.1) is 0 Å². The first-order valence-corrected chi connectivity index (χ1v) is 12.7. The molecule has 0 aliphatic carbocycles. The standard InChI is InChI=1S/C29H39N3O3/c1-23-6-11-28(24(2)20-23)35-22-29(33)12-4-15-31(17-13-29)21-26-7-9-27(10-8-26)34-19-5-16-32-18-14-30-25(32)3/h6-11,14,18,20,33H,4-5,12-13,15-17,19,21-22H2,1-3H3/t29-/m1/s1. The summed E-state index contributed by atoms with van der Waals surface area (Å²) in [6, 6.07) is 14.6. The molecule has 0 amide bonds. The number of nitrogens with zero attached hydrogens (tertiary/aromatic N) is 3. The van der Waals surface area contributed by atoms with Crippen LogP contribution in [-0.2, 0) is 13.1 Å². The Kier molecular flexibility index (Phi) is 8.47. The van der Waals surface area contributed by atoms with E-state index in [4.69, 9.17) is 9.47 Å². The Morgan fingerprint density at radius 2 is 1.83 bits per heavy atom. The Morgan fingerprint density at radius 1 is 1.00 bits per heavy atom. The highest BCUT2D eigenvalue weighted by Gasteiger charge is 2.31. The van der Waals surface area contributed by atoms with Crippen LogP contribution in [0.4, 0.5) is 0 Å². The highest BCUT2D eigenvalue weighted by atomic mass is 16.5. The molecule has 1 aliphatic rings. The van der Waals surface area contributed by atoms with E-state index in [1.54, 1.807) is 0 Å². The number of aliphatic hydroxyl groups is 1. The van der Waals surface area contributed by atoms with Crippen molar-refractivity contribution >= 4 is 0 Å². The number of hydrogen-bond donors (Lipinski definition) is 1. The van der Waals surface area contributed by atoms with Crippen LogP contribution in [0.2, 0.25) is 0 Å². The summed E-state index contributed by atoms with van der Waals surface area (Å²) >= 11 is 0. The average Bonchev–Trinajstić information content (AvgIpc) is 3.15. The maximum atomic E-state index is 11.2. The summed E-state index contributed by atoms with van der Waals surface area (Å²) in [4.78, 5) is 6.68. The van der Waals surface area contributed by atoms with Gasteiger partial charge in [0, 0.05) is 32.0 Å². The monoisotopic (exact) mass is 477 g/mol. The molecule has 188 valence electrons. The molecule has 1 N–H and O–H groups in total. The Balaban J connectivity index is 1.20. The lowest BCUT2D eigenvalue weighted by Gasteiger charge is -2.27. The lowest BCUT2D eigenvalue weighted by molar-refractivity contribution is -0.0170. The maximum Gasteiger partial charge on any atom is 0.122 e. The van der Waals surface area contributed by atoms with Gasteiger partial charge < -0.3 is 19.1 Å². The minimum absolute atomic E-state index is 0.344. The van der Waals surface area contributed by atoms with Crippen molar-refractivity contribution in [1.82, 2.24) is 14.5 Å². The summed E-state index contributed by atoms with van der Waals surface area (Å²) in [5.41, 5.74) is 2.82. The summed E-state index contributed by atoms with van der Waals surface area (Å²) in [5, 5.41) is 11.2. The second-order valence-electron chi connectivity index (χ2n) is 9.93. The normalized spacial score (nSPS) is 18.9. The third-order valence-electron chi connectivity index (χ3n) is 6.90. The Bertz CT molecular complexity index is 1080. The summed E-state index contributed by atoms with van der Waals surface area (Å²) in [6.07, 6.45) is 7.23. The highest BCUT2D eigenvalue weighted by molar-refractivity contribution is 5.35. The largest absolute Gasteiger partial charge is 0.494 e. The number of aromatic nitrogens is 2. The van der Waals surface area contributed by atoms with Crippen LogP contribution in [0, 0.1) is 20.8 Å². The van der Waals surface area contributed by atoms with Crippen LogP contribution in [0.15, 0.2) is 54.9 Å². The van der Waals surface area contributed by atoms with E-state index in [-0.39, 0.29) is 0 Å². The van der Waals surface area contributed by atoms with Gasteiger partial charge in [0.1, 0.15) is 23.9 Å². The Morgan fingerprint density at radius 3 is 2.57 bits per heavy atom. The first-order chi connectivity index (χ1) is 16.9. The second-order valence-corrected chi connectivity index (χ2v) is 9.93. The van der Waals surface area contributed by atoms with Gasteiger partial charge in [0.25, 0.3) is 0 Å². The van der Waals surface area contributed by atoms with E-state index >= 15 is 0 Å². The molecular weight excluding hydrogens is 438 g/mol. The molecule has 1 aromatic heterocycles. The van der Waals surface area contributed by atoms with Gasteiger partial charge in [-0.05, 0) is 82.3 Å². The van der Waals surface area contributed by atoms with Crippen LogP contribution in [-0.4, -0.2) is 51.5 Å². The van der Waals surface area contributed by atoms with Crippen molar-refractivity contribution < 1.29 is 14.6 Å². The predicted octanol–water partition coefficient (Wildman–Crippen LogP) is 5.07. The van der Waals surface area contributed by atoms with Crippen molar-refractivity contribution in [2.45, 2.75) is 65.1 Å². The summed E-state index contributed by atoms with van der Waals surface area (Å²) in [7, 11) is 0. The van der Waals surface area contributed by atoms with E-state index in [0.29, 0.717) is 13.2 Å². The van der Waals surface area contributed by atoms with E-state index in [1.165, 1.54) is 11.1 Å². The summed E-state index contributed by atoms with van der Waals surface area (Å²) in [5.74, 6) is 2.81. The van der Waals surface area contributed by atoms with Crippen LogP contribution in [0.1, 0.15) is 48.2 Å². The number of rotatable bonds is 10. The van der Waals surface area contributed by atoms with E-state index in [0.717, 1.165) is 74.7 Å². The summed E-state index contributed by atoms with van der Waals surface area (Å²) in [6.45, 7) is 10.8. The average molecular weight is 478 g/mol. The Labute approximate surface area is 209 Å². The molecule has 1 atom stereocenters. The van der Waals surface area contributed by atoms with Crippen molar-refractivity contribution in [3.05, 3.63) is 77.4 Å². The van der Waals surface area contributed by atoms with Crippen LogP contribution in [0.25, 0.3) is 0 Å². The number of hydrogen-bond acceptors (Lipinski definition) is 5. The molecule has 2 heterocycles. The molecule has 1 saturated heterocycles. The zero-order valence-electron chi connectivity index (χ0n) is 21.4. The first kappa shape index (κ1) is 25.3. The second kappa shape index (κ2) is 11.7. The molecule has 2 aromatic carbocycles. The fraction of sp³-hybridized carbons (Fsp3) is 0.483. The smallest absolute Gasteiger partial charge is 0.122 e. The highest BCUT2D eigenvalue weighted by Crippen LogP contribution is 2.27. The van der Waals surface area contributed by atoms with E-state index < -0.39 is 5.60 Å². The summed E-state index contributed by atoms with van der Waals surface area (Å²) < 4.78 is 14.1. The van der Waals surface area contributed by atoms with Crippen molar-refractivity contribution in [2.24, 2.45) is 0 Å². The van der Waals surface area contributed by atoms with Gasteiger partial charge in [-0.25, -0.2) is 4.98 Å².